The maximum absolute atomic E-state index is 12.4. The quantitative estimate of drug-likeness (QED) is 0.551. The van der Waals surface area contributed by atoms with Crippen molar-refractivity contribution in [3.63, 3.8) is 0 Å². The van der Waals surface area contributed by atoms with Crippen molar-refractivity contribution in [3.05, 3.63) is 0 Å². The predicted molar refractivity (Wildman–Crippen MR) is 46.0 cm³/mol. The third-order valence-electron chi connectivity index (χ3n) is 1.89. The molecule has 1 unspecified atom stereocenters. The van der Waals surface area contributed by atoms with Crippen molar-refractivity contribution < 1.29 is 31.5 Å². The number of carbonyl (C=O) groups excluding carboxylic acids is 1. The molecule has 0 saturated carbocycles. The molecular weight excluding hydrogens is 235 g/mol. The fourth-order valence-corrected chi connectivity index (χ4v) is 1.00. The van der Waals surface area contributed by atoms with Gasteiger partial charge in [-0.3, -0.25) is 0 Å². The molecule has 0 heterocycles. The molecule has 96 valence electrons. The van der Waals surface area contributed by atoms with Gasteiger partial charge in [0.05, 0.1) is 6.61 Å². The third-order valence-corrected chi connectivity index (χ3v) is 1.89. The van der Waals surface area contributed by atoms with Gasteiger partial charge >= 0.3 is 18.1 Å². The standard InChI is InChI=1S/C9H13F5O2/c1-3-4-6(2)5-16-7(15)8(10,11)9(12,13)14/h6H,3-5H2,1-2H3. The maximum atomic E-state index is 12.4. The highest BCUT2D eigenvalue weighted by atomic mass is 19.4. The first kappa shape index (κ1) is 15.1. The van der Waals surface area contributed by atoms with Crippen molar-refractivity contribution in [1.82, 2.24) is 0 Å². The van der Waals surface area contributed by atoms with Gasteiger partial charge in [-0.2, -0.15) is 22.0 Å². The molecule has 0 fully saturated rings. The van der Waals surface area contributed by atoms with Crippen molar-refractivity contribution in [2.75, 3.05) is 6.61 Å². The van der Waals surface area contributed by atoms with Gasteiger partial charge in [0.15, 0.2) is 0 Å². The Kier molecular flexibility index (Phi) is 5.15. The van der Waals surface area contributed by atoms with Crippen LogP contribution in [-0.2, 0) is 9.53 Å². The van der Waals surface area contributed by atoms with Crippen LogP contribution in [0.15, 0.2) is 0 Å². The number of esters is 1. The summed E-state index contributed by atoms with van der Waals surface area (Å²) in [5.41, 5.74) is 0. The van der Waals surface area contributed by atoms with E-state index < -0.39 is 24.7 Å². The van der Waals surface area contributed by atoms with Crippen LogP contribution < -0.4 is 0 Å². The molecule has 0 aliphatic heterocycles. The van der Waals surface area contributed by atoms with E-state index >= 15 is 0 Å². The van der Waals surface area contributed by atoms with Gasteiger partial charge < -0.3 is 4.74 Å². The summed E-state index contributed by atoms with van der Waals surface area (Å²) in [6.07, 6.45) is -4.59. The number of carbonyl (C=O) groups is 1. The van der Waals surface area contributed by atoms with Gasteiger partial charge in [0.25, 0.3) is 0 Å². The highest BCUT2D eigenvalue weighted by Crippen LogP contribution is 2.36. The van der Waals surface area contributed by atoms with Crippen LogP contribution >= 0.6 is 0 Å². The molecule has 0 aromatic rings. The molecule has 0 spiro atoms. The van der Waals surface area contributed by atoms with Crippen LogP contribution in [0.4, 0.5) is 22.0 Å². The highest BCUT2D eigenvalue weighted by Gasteiger charge is 2.64. The molecule has 0 rings (SSSR count). The fraction of sp³-hybridized carbons (Fsp3) is 0.889. The molecule has 0 aromatic heterocycles. The molecule has 0 aliphatic rings. The first-order valence-corrected chi connectivity index (χ1v) is 4.74. The SMILES string of the molecule is CCCC(C)COC(=O)C(F)(F)C(F)(F)F. The van der Waals surface area contributed by atoms with Crippen LogP contribution in [0.2, 0.25) is 0 Å². The lowest BCUT2D eigenvalue weighted by Crippen LogP contribution is -2.45. The minimum absolute atomic E-state index is 0.238. The Morgan fingerprint density at radius 3 is 2.12 bits per heavy atom. The van der Waals surface area contributed by atoms with Gasteiger partial charge in [0.2, 0.25) is 0 Å². The van der Waals surface area contributed by atoms with Crippen molar-refractivity contribution in [2.24, 2.45) is 5.92 Å². The summed E-state index contributed by atoms with van der Waals surface area (Å²) in [5, 5.41) is 0. The smallest absolute Gasteiger partial charge is 0.461 e. The molecule has 1 atom stereocenters. The number of ether oxygens (including phenoxy) is 1. The van der Waals surface area contributed by atoms with E-state index in [1.165, 1.54) is 0 Å². The highest BCUT2D eigenvalue weighted by molar-refractivity contribution is 5.78. The van der Waals surface area contributed by atoms with Gasteiger partial charge in [0, 0.05) is 0 Å². The molecule has 0 amide bonds. The summed E-state index contributed by atoms with van der Waals surface area (Å²) in [5.74, 6) is -8.21. The van der Waals surface area contributed by atoms with E-state index in [9.17, 15) is 26.7 Å². The zero-order valence-corrected chi connectivity index (χ0v) is 8.90. The molecule has 0 N–H and O–H groups in total. The second-order valence-corrected chi connectivity index (χ2v) is 3.56. The summed E-state index contributed by atoms with van der Waals surface area (Å²) in [7, 11) is 0. The lowest BCUT2D eigenvalue weighted by molar-refractivity contribution is -0.280. The zero-order chi connectivity index (χ0) is 13.0. The van der Waals surface area contributed by atoms with Crippen LogP contribution in [0.3, 0.4) is 0 Å². The molecule has 0 radical (unpaired) electrons. The molecule has 16 heavy (non-hydrogen) atoms. The van der Waals surface area contributed by atoms with Gasteiger partial charge in [0.1, 0.15) is 0 Å². The Morgan fingerprint density at radius 2 is 1.75 bits per heavy atom. The van der Waals surface area contributed by atoms with Gasteiger partial charge in [-0.05, 0) is 12.3 Å². The molecule has 0 saturated heterocycles. The number of hydrogen-bond acceptors (Lipinski definition) is 2. The molecule has 7 heteroatoms. The fourth-order valence-electron chi connectivity index (χ4n) is 1.00. The number of alkyl halides is 5. The summed E-state index contributed by atoms with van der Waals surface area (Å²) >= 11 is 0. The van der Waals surface area contributed by atoms with Gasteiger partial charge in [-0.1, -0.05) is 20.3 Å². The first-order valence-electron chi connectivity index (χ1n) is 4.74. The monoisotopic (exact) mass is 248 g/mol. The number of halogens is 5. The Morgan fingerprint density at radius 1 is 1.25 bits per heavy atom. The molecule has 0 aromatic carbocycles. The second-order valence-electron chi connectivity index (χ2n) is 3.56. The Hall–Kier alpha value is -0.880. The Balaban J connectivity index is 4.27. The van der Waals surface area contributed by atoms with Crippen LogP contribution in [0.5, 0.6) is 0 Å². The average molecular weight is 248 g/mol. The zero-order valence-electron chi connectivity index (χ0n) is 8.90. The van der Waals surface area contributed by atoms with E-state index in [1.54, 1.807) is 6.92 Å². The summed E-state index contributed by atoms with van der Waals surface area (Å²) in [6.45, 7) is 2.99. The minimum Gasteiger partial charge on any atom is -0.461 e. The first-order chi connectivity index (χ1) is 7.13. The van der Waals surface area contributed by atoms with E-state index in [0.29, 0.717) is 6.42 Å². The lowest BCUT2D eigenvalue weighted by Gasteiger charge is -2.19. The van der Waals surface area contributed by atoms with Gasteiger partial charge in [-0.25, -0.2) is 4.79 Å². The number of hydrogen-bond donors (Lipinski definition) is 0. The largest absolute Gasteiger partial charge is 0.465 e. The van der Waals surface area contributed by atoms with Crippen molar-refractivity contribution >= 4 is 5.97 Å². The van der Waals surface area contributed by atoms with E-state index in [1.807, 2.05) is 6.92 Å². The Labute approximate surface area is 89.8 Å². The van der Waals surface area contributed by atoms with Crippen molar-refractivity contribution in [1.29, 1.82) is 0 Å². The molecule has 0 bridgehead atoms. The predicted octanol–water partition coefficient (Wildman–Crippen LogP) is 3.16. The molecular formula is C9H13F5O2. The van der Waals surface area contributed by atoms with Crippen LogP contribution in [-0.4, -0.2) is 24.7 Å². The summed E-state index contributed by atoms with van der Waals surface area (Å²) < 4.78 is 63.8. The van der Waals surface area contributed by atoms with Crippen molar-refractivity contribution in [2.45, 2.75) is 38.8 Å². The van der Waals surface area contributed by atoms with Crippen molar-refractivity contribution in [3.8, 4) is 0 Å². The van der Waals surface area contributed by atoms with Crippen LogP contribution in [0.25, 0.3) is 0 Å². The van der Waals surface area contributed by atoms with E-state index in [-0.39, 0.29) is 5.92 Å². The average Bonchev–Trinajstić information content (AvgIpc) is 2.12. The lowest BCUT2D eigenvalue weighted by atomic mass is 10.1. The molecule has 0 aliphatic carbocycles. The van der Waals surface area contributed by atoms with E-state index in [4.69, 9.17) is 0 Å². The topological polar surface area (TPSA) is 26.3 Å². The van der Waals surface area contributed by atoms with Crippen LogP contribution in [0.1, 0.15) is 26.7 Å². The molecule has 2 nitrogen and oxygen atoms in total. The Bertz CT molecular complexity index is 237. The summed E-state index contributed by atoms with van der Waals surface area (Å²) in [4.78, 5) is 10.5. The minimum atomic E-state index is -5.90. The van der Waals surface area contributed by atoms with Crippen LogP contribution in [0, 0.1) is 5.92 Å². The van der Waals surface area contributed by atoms with E-state index in [0.717, 1.165) is 6.42 Å². The van der Waals surface area contributed by atoms with Gasteiger partial charge in [-0.15, -0.1) is 0 Å². The maximum Gasteiger partial charge on any atom is 0.465 e. The third kappa shape index (κ3) is 3.94. The normalized spacial score (nSPS) is 14.7. The second kappa shape index (κ2) is 5.45. The van der Waals surface area contributed by atoms with E-state index in [2.05, 4.69) is 4.74 Å². The number of rotatable bonds is 5. The summed E-state index contributed by atoms with van der Waals surface area (Å²) in [6, 6.07) is 0.